The van der Waals surface area contributed by atoms with Crippen LogP contribution in [0.3, 0.4) is 0 Å². The molecule has 0 aromatic heterocycles. The summed E-state index contributed by atoms with van der Waals surface area (Å²) in [7, 11) is 3.03. The van der Waals surface area contributed by atoms with Gasteiger partial charge in [0.1, 0.15) is 34.1 Å². The number of ether oxygens (including phenoxy) is 4. The molecule has 2 rings (SSSR count). The van der Waals surface area contributed by atoms with Gasteiger partial charge >= 0.3 is 0 Å². The zero-order valence-electron chi connectivity index (χ0n) is 14.4. The molecule has 2 aromatic rings. The third-order valence-electron chi connectivity index (χ3n) is 3.47. The fraction of sp³-hybridized carbons (Fsp3) is 0.316. The first-order valence-corrected chi connectivity index (χ1v) is 7.82. The van der Waals surface area contributed by atoms with E-state index in [1.165, 1.54) is 14.2 Å². The van der Waals surface area contributed by atoms with Crippen LogP contribution in [0.25, 0.3) is 0 Å². The Balaban J connectivity index is 2.65. The molecule has 0 aliphatic rings. The summed E-state index contributed by atoms with van der Waals surface area (Å²) in [4.78, 5) is 13.3. The minimum absolute atomic E-state index is 0.267. The Morgan fingerprint density at radius 1 is 0.750 bits per heavy atom. The Morgan fingerprint density at radius 2 is 1.12 bits per heavy atom. The number of ketones is 1. The van der Waals surface area contributed by atoms with Gasteiger partial charge < -0.3 is 18.9 Å². The monoisotopic (exact) mass is 330 g/mol. The van der Waals surface area contributed by atoms with Crippen LogP contribution < -0.4 is 18.9 Å². The Bertz CT molecular complexity index is 662. The lowest BCUT2D eigenvalue weighted by atomic mass is 9.99. The predicted octanol–water partition coefficient (Wildman–Crippen LogP) is 3.73. The summed E-state index contributed by atoms with van der Waals surface area (Å²) in [6.45, 7) is 4.62. The summed E-state index contributed by atoms with van der Waals surface area (Å²) in [5.41, 5.74) is 0.708. The van der Waals surface area contributed by atoms with E-state index in [1.54, 1.807) is 36.4 Å². The maximum Gasteiger partial charge on any atom is 0.208 e. The molecule has 0 N–H and O–H groups in total. The van der Waals surface area contributed by atoms with E-state index in [9.17, 15) is 4.79 Å². The molecule has 0 heterocycles. The van der Waals surface area contributed by atoms with Crippen molar-refractivity contribution in [1.29, 1.82) is 0 Å². The predicted molar refractivity (Wildman–Crippen MR) is 91.8 cm³/mol. The van der Waals surface area contributed by atoms with Crippen molar-refractivity contribution >= 4 is 5.78 Å². The first kappa shape index (κ1) is 17.7. The van der Waals surface area contributed by atoms with Crippen molar-refractivity contribution in [1.82, 2.24) is 0 Å². The van der Waals surface area contributed by atoms with Crippen LogP contribution in [0.5, 0.6) is 23.0 Å². The molecule has 0 unspecified atom stereocenters. The summed E-state index contributed by atoms with van der Waals surface area (Å²) < 4.78 is 22.0. The van der Waals surface area contributed by atoms with E-state index in [2.05, 4.69) is 0 Å². The second-order valence-electron chi connectivity index (χ2n) is 4.86. The van der Waals surface area contributed by atoms with Crippen LogP contribution in [0.4, 0.5) is 0 Å². The molecule has 0 aliphatic heterocycles. The second kappa shape index (κ2) is 8.24. The molecule has 0 radical (unpaired) electrons. The summed E-state index contributed by atoms with van der Waals surface area (Å²) in [6, 6.07) is 10.5. The minimum Gasteiger partial charge on any atom is -0.496 e. The molecule has 2 aromatic carbocycles. The summed E-state index contributed by atoms with van der Waals surface area (Å²) in [5.74, 6) is 1.56. The first-order chi connectivity index (χ1) is 11.7. The van der Waals surface area contributed by atoms with E-state index < -0.39 is 0 Å². The molecule has 5 nitrogen and oxygen atoms in total. The van der Waals surface area contributed by atoms with Crippen molar-refractivity contribution in [2.75, 3.05) is 27.4 Å². The topological polar surface area (TPSA) is 54.0 Å². The zero-order chi connectivity index (χ0) is 17.5. The van der Waals surface area contributed by atoms with Crippen molar-refractivity contribution in [2.45, 2.75) is 13.8 Å². The standard InChI is InChI=1S/C19H22O5/c1-5-23-15-11-8-12-16(24-6-2)18(15)19(20)17-13(21-3)9-7-10-14(17)22-4/h7-12H,5-6H2,1-4H3. The van der Waals surface area contributed by atoms with Crippen LogP contribution in [0, 0.1) is 0 Å². The van der Waals surface area contributed by atoms with Gasteiger partial charge in [0.05, 0.1) is 27.4 Å². The molecule has 0 saturated heterocycles. The lowest BCUT2D eigenvalue weighted by Crippen LogP contribution is -2.11. The number of carbonyl (C=O) groups is 1. The highest BCUT2D eigenvalue weighted by Gasteiger charge is 2.26. The van der Waals surface area contributed by atoms with Gasteiger partial charge in [0.2, 0.25) is 5.78 Å². The Morgan fingerprint density at radius 3 is 1.50 bits per heavy atom. The van der Waals surface area contributed by atoms with Crippen LogP contribution in [0.1, 0.15) is 29.8 Å². The van der Waals surface area contributed by atoms with Gasteiger partial charge in [0.25, 0.3) is 0 Å². The summed E-state index contributed by atoms with van der Waals surface area (Å²) in [6.07, 6.45) is 0. The fourth-order valence-corrected chi connectivity index (χ4v) is 2.49. The van der Waals surface area contributed by atoms with Gasteiger partial charge in [-0.15, -0.1) is 0 Å². The second-order valence-corrected chi connectivity index (χ2v) is 4.86. The van der Waals surface area contributed by atoms with Crippen LogP contribution in [0.2, 0.25) is 0 Å². The van der Waals surface area contributed by atoms with Crippen molar-refractivity contribution in [3.05, 3.63) is 47.5 Å². The van der Waals surface area contributed by atoms with Gasteiger partial charge in [0, 0.05) is 0 Å². The Kier molecular flexibility index (Phi) is 6.07. The average molecular weight is 330 g/mol. The van der Waals surface area contributed by atoms with Gasteiger partial charge in [-0.1, -0.05) is 12.1 Å². The number of methoxy groups -OCH3 is 2. The van der Waals surface area contributed by atoms with Crippen LogP contribution in [-0.4, -0.2) is 33.2 Å². The number of carbonyl (C=O) groups excluding carboxylic acids is 1. The Labute approximate surface area is 142 Å². The molecule has 0 bridgehead atoms. The fourth-order valence-electron chi connectivity index (χ4n) is 2.49. The molecule has 0 fully saturated rings. The molecule has 24 heavy (non-hydrogen) atoms. The largest absolute Gasteiger partial charge is 0.496 e. The van der Waals surface area contributed by atoms with Crippen molar-refractivity contribution in [2.24, 2.45) is 0 Å². The van der Waals surface area contributed by atoms with Crippen LogP contribution in [-0.2, 0) is 0 Å². The zero-order valence-corrected chi connectivity index (χ0v) is 14.4. The summed E-state index contributed by atoms with van der Waals surface area (Å²) in [5, 5.41) is 0. The molecule has 0 spiro atoms. The first-order valence-electron chi connectivity index (χ1n) is 7.82. The minimum atomic E-state index is -0.267. The maximum absolute atomic E-state index is 13.3. The van der Waals surface area contributed by atoms with E-state index in [0.29, 0.717) is 47.3 Å². The van der Waals surface area contributed by atoms with Gasteiger partial charge in [-0.3, -0.25) is 4.79 Å². The van der Waals surface area contributed by atoms with Gasteiger partial charge in [0.15, 0.2) is 0 Å². The van der Waals surface area contributed by atoms with Crippen LogP contribution >= 0.6 is 0 Å². The quantitative estimate of drug-likeness (QED) is 0.690. The normalized spacial score (nSPS) is 10.2. The van der Waals surface area contributed by atoms with Gasteiger partial charge in [-0.25, -0.2) is 0 Å². The van der Waals surface area contributed by atoms with E-state index >= 15 is 0 Å². The lowest BCUT2D eigenvalue weighted by Gasteiger charge is -2.17. The summed E-state index contributed by atoms with van der Waals surface area (Å²) >= 11 is 0. The van der Waals surface area contributed by atoms with E-state index in [1.807, 2.05) is 13.8 Å². The molecular weight excluding hydrogens is 308 g/mol. The molecule has 0 aliphatic carbocycles. The molecule has 0 atom stereocenters. The van der Waals surface area contributed by atoms with Gasteiger partial charge in [-0.2, -0.15) is 0 Å². The van der Waals surface area contributed by atoms with E-state index in [4.69, 9.17) is 18.9 Å². The smallest absolute Gasteiger partial charge is 0.208 e. The average Bonchev–Trinajstić information content (AvgIpc) is 2.61. The number of hydrogen-bond donors (Lipinski definition) is 0. The van der Waals surface area contributed by atoms with Crippen molar-refractivity contribution in [3.8, 4) is 23.0 Å². The SMILES string of the molecule is CCOc1cccc(OCC)c1C(=O)c1c(OC)cccc1OC. The Hall–Kier alpha value is -2.69. The molecular formula is C19H22O5. The molecule has 0 amide bonds. The number of benzene rings is 2. The molecule has 5 heteroatoms. The lowest BCUT2D eigenvalue weighted by molar-refractivity contribution is 0.102. The van der Waals surface area contributed by atoms with Gasteiger partial charge in [-0.05, 0) is 38.1 Å². The third kappa shape index (κ3) is 3.45. The third-order valence-corrected chi connectivity index (χ3v) is 3.47. The van der Waals surface area contributed by atoms with Crippen molar-refractivity contribution in [3.63, 3.8) is 0 Å². The van der Waals surface area contributed by atoms with E-state index in [0.717, 1.165) is 0 Å². The maximum atomic E-state index is 13.3. The number of rotatable bonds is 8. The van der Waals surface area contributed by atoms with E-state index in [-0.39, 0.29) is 5.78 Å². The number of hydrogen-bond acceptors (Lipinski definition) is 5. The highest BCUT2D eigenvalue weighted by molar-refractivity contribution is 6.15. The molecule has 0 saturated carbocycles. The highest BCUT2D eigenvalue weighted by atomic mass is 16.5. The van der Waals surface area contributed by atoms with Crippen molar-refractivity contribution < 1.29 is 23.7 Å². The van der Waals surface area contributed by atoms with Crippen LogP contribution in [0.15, 0.2) is 36.4 Å². The molecule has 128 valence electrons. The highest BCUT2D eigenvalue weighted by Crippen LogP contribution is 2.37.